The van der Waals surface area contributed by atoms with Gasteiger partial charge in [0.1, 0.15) is 23.4 Å². The van der Waals surface area contributed by atoms with Gasteiger partial charge in [-0.05, 0) is 48.6 Å². The van der Waals surface area contributed by atoms with Gasteiger partial charge in [0.15, 0.2) is 0 Å². The van der Waals surface area contributed by atoms with Crippen LogP contribution in [-0.4, -0.2) is 34.4 Å². The first kappa shape index (κ1) is 21.4. The molecule has 0 aliphatic carbocycles. The second-order valence-electron chi connectivity index (χ2n) is 6.53. The molecule has 6 nitrogen and oxygen atoms in total. The molecule has 4 rings (SSSR count). The molecule has 0 unspecified atom stereocenters. The minimum atomic E-state index is -0.357. The van der Waals surface area contributed by atoms with Crippen LogP contribution in [0, 0.1) is 5.82 Å². The van der Waals surface area contributed by atoms with Crippen LogP contribution >= 0.6 is 35.0 Å². The van der Waals surface area contributed by atoms with E-state index in [1.807, 2.05) is 0 Å². The van der Waals surface area contributed by atoms with Gasteiger partial charge >= 0.3 is 0 Å². The van der Waals surface area contributed by atoms with Crippen molar-refractivity contribution in [3.8, 4) is 0 Å². The number of hydrazone groups is 1. The summed E-state index contributed by atoms with van der Waals surface area (Å²) in [5, 5.41) is 12.6. The highest BCUT2D eigenvalue weighted by Gasteiger charge is 2.29. The second-order valence-corrected chi connectivity index (χ2v) is 8.30. The maximum Gasteiger partial charge on any atom is 0.255 e. The lowest BCUT2D eigenvalue weighted by molar-refractivity contribution is -0.117. The number of amides is 2. The van der Waals surface area contributed by atoms with E-state index >= 15 is 0 Å². The van der Waals surface area contributed by atoms with Crippen molar-refractivity contribution >= 4 is 63.1 Å². The topological polar surface area (TPSA) is 73.8 Å². The highest BCUT2D eigenvalue weighted by Crippen LogP contribution is 2.34. The molecule has 158 valence electrons. The summed E-state index contributed by atoms with van der Waals surface area (Å²) < 4.78 is 13.1. The first-order valence-corrected chi connectivity index (χ1v) is 10.8. The van der Waals surface area contributed by atoms with Crippen molar-refractivity contribution in [3.05, 3.63) is 76.7 Å². The van der Waals surface area contributed by atoms with Crippen LogP contribution in [0.15, 0.2) is 70.3 Å². The van der Waals surface area contributed by atoms with Crippen LogP contribution in [-0.2, 0) is 9.59 Å². The van der Waals surface area contributed by atoms with Crippen molar-refractivity contribution in [2.24, 2.45) is 5.10 Å². The zero-order chi connectivity index (χ0) is 22.0. The number of thioether (sulfide) groups is 1. The van der Waals surface area contributed by atoms with E-state index in [1.54, 1.807) is 47.5 Å². The van der Waals surface area contributed by atoms with E-state index in [-0.39, 0.29) is 30.2 Å². The molecular formula is C21H15Cl2FN4O2S. The summed E-state index contributed by atoms with van der Waals surface area (Å²) in [4.78, 5) is 25.0. The second kappa shape index (κ2) is 9.13. The van der Waals surface area contributed by atoms with Crippen LogP contribution < -0.4 is 10.6 Å². The third-order valence-electron chi connectivity index (χ3n) is 4.43. The van der Waals surface area contributed by atoms with Gasteiger partial charge < -0.3 is 10.6 Å². The number of benzene rings is 2. The van der Waals surface area contributed by atoms with Gasteiger partial charge in [0.05, 0.1) is 16.3 Å². The van der Waals surface area contributed by atoms with Crippen LogP contribution in [0.1, 0.15) is 5.56 Å². The lowest BCUT2D eigenvalue weighted by Gasteiger charge is -2.31. The van der Waals surface area contributed by atoms with Crippen molar-refractivity contribution in [1.29, 1.82) is 0 Å². The highest BCUT2D eigenvalue weighted by atomic mass is 35.5. The minimum Gasteiger partial charge on any atom is -0.333 e. The summed E-state index contributed by atoms with van der Waals surface area (Å²) in [5.41, 5.74) is 1.97. The Labute approximate surface area is 191 Å². The number of hydrogen-bond acceptors (Lipinski definition) is 5. The third kappa shape index (κ3) is 4.76. The molecule has 0 bridgehead atoms. The number of hydrogen-bond donors (Lipinski definition) is 2. The molecule has 2 aliphatic heterocycles. The van der Waals surface area contributed by atoms with Gasteiger partial charge in [-0.3, -0.25) is 9.59 Å². The highest BCUT2D eigenvalue weighted by molar-refractivity contribution is 8.14. The molecule has 0 saturated carbocycles. The van der Waals surface area contributed by atoms with Gasteiger partial charge in [0.25, 0.3) is 5.91 Å². The van der Waals surface area contributed by atoms with Crippen LogP contribution in [0.3, 0.4) is 0 Å². The molecule has 0 saturated heterocycles. The Morgan fingerprint density at radius 3 is 2.71 bits per heavy atom. The van der Waals surface area contributed by atoms with E-state index < -0.39 is 0 Å². The zero-order valence-electron chi connectivity index (χ0n) is 15.9. The summed E-state index contributed by atoms with van der Waals surface area (Å²) in [7, 11) is 0. The number of fused-ring (bicyclic) bond motifs is 1. The Hall–Kier alpha value is -2.81. The normalized spacial score (nSPS) is 15.4. The SMILES string of the molecule is O=C(CCl)Nc1ccc(C2=C3C=CC(Sc4ccc(F)cc4)=NN3CNC2=O)c(Cl)c1. The summed E-state index contributed by atoms with van der Waals surface area (Å²) in [6.07, 6.45) is 3.59. The first-order chi connectivity index (χ1) is 14.9. The predicted octanol–water partition coefficient (Wildman–Crippen LogP) is 4.43. The molecule has 10 heteroatoms. The molecule has 2 N–H and O–H groups in total. The first-order valence-electron chi connectivity index (χ1n) is 9.10. The average Bonchev–Trinajstić information content (AvgIpc) is 2.76. The molecule has 2 amide bonds. The molecule has 0 atom stereocenters. The quantitative estimate of drug-likeness (QED) is 0.640. The number of rotatable bonds is 4. The Morgan fingerprint density at radius 1 is 1.23 bits per heavy atom. The van der Waals surface area contributed by atoms with Gasteiger partial charge in [-0.25, -0.2) is 9.40 Å². The molecular weight excluding hydrogens is 462 g/mol. The van der Waals surface area contributed by atoms with E-state index in [0.717, 1.165) is 4.90 Å². The summed E-state index contributed by atoms with van der Waals surface area (Å²) in [6.45, 7) is 0.205. The van der Waals surface area contributed by atoms with Crippen molar-refractivity contribution in [2.75, 3.05) is 17.9 Å². The van der Waals surface area contributed by atoms with E-state index in [0.29, 0.717) is 32.6 Å². The van der Waals surface area contributed by atoms with Gasteiger partial charge in [0.2, 0.25) is 5.91 Å². The van der Waals surface area contributed by atoms with E-state index in [1.165, 1.54) is 23.9 Å². The lowest BCUT2D eigenvalue weighted by atomic mass is 10.00. The number of anilines is 1. The number of carbonyl (C=O) groups excluding carboxylic acids is 2. The van der Waals surface area contributed by atoms with E-state index in [9.17, 15) is 14.0 Å². The summed E-state index contributed by atoms with van der Waals surface area (Å²) in [5.74, 6) is -1.11. The van der Waals surface area contributed by atoms with E-state index in [4.69, 9.17) is 23.2 Å². The molecule has 2 aromatic rings. The Bertz CT molecular complexity index is 1150. The number of nitrogens with zero attached hydrogens (tertiary/aromatic N) is 2. The fourth-order valence-electron chi connectivity index (χ4n) is 3.05. The third-order valence-corrected chi connectivity index (χ3v) is 5.92. The van der Waals surface area contributed by atoms with Crippen molar-refractivity contribution < 1.29 is 14.0 Å². The van der Waals surface area contributed by atoms with Crippen LogP contribution in [0.4, 0.5) is 10.1 Å². The molecule has 0 radical (unpaired) electrons. The van der Waals surface area contributed by atoms with Crippen molar-refractivity contribution in [3.63, 3.8) is 0 Å². The lowest BCUT2D eigenvalue weighted by Crippen LogP contribution is -2.42. The Kier molecular flexibility index (Phi) is 6.31. The van der Waals surface area contributed by atoms with Crippen molar-refractivity contribution in [1.82, 2.24) is 10.3 Å². The minimum absolute atomic E-state index is 0.174. The largest absolute Gasteiger partial charge is 0.333 e. The van der Waals surface area contributed by atoms with Gasteiger partial charge in [0, 0.05) is 16.1 Å². The predicted molar refractivity (Wildman–Crippen MR) is 121 cm³/mol. The molecule has 0 fully saturated rings. The van der Waals surface area contributed by atoms with Gasteiger partial charge in [-0.1, -0.05) is 29.4 Å². The smallest absolute Gasteiger partial charge is 0.255 e. The number of nitrogens with one attached hydrogen (secondary N) is 2. The maximum atomic E-state index is 13.1. The molecule has 2 heterocycles. The van der Waals surface area contributed by atoms with Crippen LogP contribution in [0.25, 0.3) is 5.57 Å². The standard InChI is InChI=1S/C21H15Cl2FN4O2S/c22-10-18(29)26-13-3-6-15(16(23)9-13)20-17-7-8-19(27-28(17)11-25-21(20)30)31-14-4-1-12(24)2-5-14/h1-9H,10-11H2,(H,25,30)(H,26,29). The fourth-order valence-corrected chi connectivity index (χ4v) is 4.19. The maximum absolute atomic E-state index is 13.1. The van der Waals surface area contributed by atoms with E-state index in [2.05, 4.69) is 15.7 Å². The monoisotopic (exact) mass is 476 g/mol. The zero-order valence-corrected chi connectivity index (χ0v) is 18.2. The average molecular weight is 477 g/mol. The summed E-state index contributed by atoms with van der Waals surface area (Å²) >= 11 is 13.3. The number of alkyl halides is 1. The molecule has 0 aromatic heterocycles. The Morgan fingerprint density at radius 2 is 2.00 bits per heavy atom. The Balaban J connectivity index is 1.63. The summed E-state index contributed by atoms with van der Waals surface area (Å²) in [6, 6.07) is 11.0. The van der Waals surface area contributed by atoms with Crippen LogP contribution in [0.5, 0.6) is 0 Å². The number of allylic oxidation sites excluding steroid dienone is 1. The molecule has 2 aromatic carbocycles. The van der Waals surface area contributed by atoms with Crippen LogP contribution in [0.2, 0.25) is 5.02 Å². The molecule has 2 aliphatic rings. The molecule has 31 heavy (non-hydrogen) atoms. The number of carbonyl (C=O) groups is 2. The number of halogens is 3. The van der Waals surface area contributed by atoms with Crippen molar-refractivity contribution in [2.45, 2.75) is 4.90 Å². The molecule has 0 spiro atoms. The van der Waals surface area contributed by atoms with Gasteiger partial charge in [-0.15, -0.1) is 11.6 Å². The fraction of sp³-hybridized carbons (Fsp3) is 0.0952. The van der Waals surface area contributed by atoms with Gasteiger partial charge in [-0.2, -0.15) is 5.10 Å².